The molecule has 0 saturated carbocycles. The predicted molar refractivity (Wildman–Crippen MR) is 104 cm³/mol. The zero-order chi connectivity index (χ0) is 19.0. The molecule has 24 heavy (non-hydrogen) atoms. The van der Waals surface area contributed by atoms with E-state index in [0.717, 1.165) is 38.8 Å². The normalized spacial score (nSPS) is 13.4. The van der Waals surface area contributed by atoms with Crippen molar-refractivity contribution in [3.8, 4) is 5.75 Å². The van der Waals surface area contributed by atoms with E-state index in [1.165, 1.54) is 0 Å². The van der Waals surface area contributed by atoms with Gasteiger partial charge in [0.05, 0.1) is 39.2 Å². The third-order valence-corrected chi connectivity index (χ3v) is 4.41. The Bertz CT molecular complexity index is 622. The highest BCUT2D eigenvalue weighted by atomic mass is 79.9. The molecule has 1 aromatic carbocycles. The van der Waals surface area contributed by atoms with Gasteiger partial charge in [-0.25, -0.2) is 8.42 Å². The monoisotopic (exact) mass is 486 g/mol. The Balaban J connectivity index is 0.000000922. The van der Waals surface area contributed by atoms with Crippen molar-refractivity contribution in [2.45, 2.75) is 6.92 Å². The first kappa shape index (κ1) is 23.4. The maximum Gasteiger partial charge on any atom is 0.148 e. The van der Waals surface area contributed by atoms with E-state index < -0.39 is 10.1 Å². The van der Waals surface area contributed by atoms with Crippen LogP contribution in [0.15, 0.2) is 33.7 Å². The summed E-state index contributed by atoms with van der Waals surface area (Å²) in [5.74, 6) is 0.801. The number of ether oxygens (including phenoxy) is 1. The van der Waals surface area contributed by atoms with Crippen molar-refractivity contribution in [2.24, 2.45) is 0 Å². The second-order valence-electron chi connectivity index (χ2n) is 5.50. The second kappa shape index (κ2) is 10.4. The van der Waals surface area contributed by atoms with E-state index in [1.807, 2.05) is 18.2 Å². The molecule has 2 N–H and O–H groups in total. The lowest BCUT2D eigenvalue weighted by Crippen LogP contribution is -2.46. The highest BCUT2D eigenvalue weighted by Crippen LogP contribution is 2.35. The quantitative estimate of drug-likeness (QED) is 0.276. The number of anilines is 1. The van der Waals surface area contributed by atoms with Crippen LogP contribution in [0.4, 0.5) is 5.69 Å². The number of nitrogens with zero attached hydrogens (tertiary/aromatic N) is 1. The first-order valence-corrected chi connectivity index (χ1v) is 10.5. The summed E-state index contributed by atoms with van der Waals surface area (Å²) in [5, 5.41) is 0. The van der Waals surface area contributed by atoms with Crippen LogP contribution in [0.1, 0.15) is 6.92 Å². The van der Waals surface area contributed by atoms with E-state index in [4.69, 9.17) is 23.4 Å². The van der Waals surface area contributed by atoms with Gasteiger partial charge in [0, 0.05) is 11.9 Å². The molecule has 0 radical (unpaired) electrons. The Morgan fingerprint density at radius 2 is 1.83 bits per heavy atom. The number of nitrogen functional groups attached to an aromatic ring is 1. The number of hydrogen-bond acceptors (Lipinski definition) is 5. The van der Waals surface area contributed by atoms with E-state index in [9.17, 15) is 0 Å². The van der Waals surface area contributed by atoms with Gasteiger partial charge in [-0.2, -0.15) is 0 Å². The third-order valence-electron chi connectivity index (χ3n) is 3.23. The zero-order valence-corrected chi connectivity index (χ0v) is 18.1. The second-order valence-corrected chi connectivity index (χ2v) is 8.61. The van der Waals surface area contributed by atoms with Crippen molar-refractivity contribution in [1.82, 2.24) is 0 Å². The molecular weight excluding hydrogens is 464 g/mol. The molecule has 0 aromatic heterocycles. The molecule has 0 amide bonds. The molecule has 0 saturated heterocycles. The Kier molecular flexibility index (Phi) is 10.1. The van der Waals surface area contributed by atoms with Crippen LogP contribution in [-0.2, 0) is 10.1 Å². The van der Waals surface area contributed by atoms with Crippen molar-refractivity contribution in [3.63, 3.8) is 0 Å². The number of halogens is 2. The first-order valence-electron chi connectivity index (χ1n) is 7.14. The van der Waals surface area contributed by atoms with Crippen molar-refractivity contribution in [3.05, 3.63) is 33.7 Å². The number of likely N-dealkylation sites (N-methyl/N-ethyl adjacent to an activating group) is 1. The zero-order valence-electron chi connectivity index (χ0n) is 14.1. The topological polar surface area (TPSA) is 92.5 Å². The molecule has 0 aliphatic rings. The molecule has 138 valence electrons. The van der Waals surface area contributed by atoms with Gasteiger partial charge in [-0.05, 0) is 57.0 Å². The largest absolute Gasteiger partial charge is 0.748 e. The predicted octanol–water partition coefficient (Wildman–Crippen LogP) is 2.99. The van der Waals surface area contributed by atoms with Crippen LogP contribution in [0.2, 0.25) is 0 Å². The highest BCUT2D eigenvalue weighted by Gasteiger charge is 2.18. The number of hydrogen-bond donors (Lipinski definition) is 1. The maximum atomic E-state index is 9.08. The summed E-state index contributed by atoms with van der Waals surface area (Å²) in [4.78, 5) is 0. The summed E-state index contributed by atoms with van der Waals surface area (Å²) in [6.07, 6.45) is 2.56. The van der Waals surface area contributed by atoms with Gasteiger partial charge in [-0.1, -0.05) is 6.58 Å². The van der Waals surface area contributed by atoms with Crippen LogP contribution in [-0.4, -0.2) is 57.0 Å². The lowest BCUT2D eigenvalue weighted by molar-refractivity contribution is -0.902. The molecule has 0 heterocycles. The molecule has 0 fully saturated rings. The Morgan fingerprint density at radius 3 is 2.21 bits per heavy atom. The molecule has 0 spiro atoms. The lowest BCUT2D eigenvalue weighted by atomic mass is 10.3. The smallest absolute Gasteiger partial charge is 0.148 e. The SMILES string of the molecule is C=CC[N+](C)(CC)CCOc1c(Br)cc(N)cc1Br.CS(=O)(=O)[O-]. The van der Waals surface area contributed by atoms with Crippen LogP contribution in [0.5, 0.6) is 5.75 Å². The Morgan fingerprint density at radius 1 is 1.38 bits per heavy atom. The molecule has 9 heteroatoms. The first-order chi connectivity index (χ1) is 10.9. The summed E-state index contributed by atoms with van der Waals surface area (Å²) >= 11 is 6.94. The van der Waals surface area contributed by atoms with Crippen LogP contribution in [0.25, 0.3) is 0 Å². The minimum absolute atomic E-state index is 0.604. The number of nitrogens with two attached hydrogens (primary N) is 1. The third kappa shape index (κ3) is 10.3. The van der Waals surface area contributed by atoms with Crippen LogP contribution in [0.3, 0.4) is 0 Å². The van der Waals surface area contributed by atoms with Gasteiger partial charge in [0.15, 0.2) is 0 Å². The van der Waals surface area contributed by atoms with E-state index in [2.05, 4.69) is 52.4 Å². The molecule has 0 aliphatic heterocycles. The number of quaternary nitrogens is 1. The summed E-state index contributed by atoms with van der Waals surface area (Å²) in [6, 6.07) is 3.69. The van der Waals surface area contributed by atoms with Gasteiger partial charge in [-0.3, -0.25) is 0 Å². The van der Waals surface area contributed by atoms with Gasteiger partial charge in [0.1, 0.15) is 18.9 Å². The average Bonchev–Trinajstić information content (AvgIpc) is 2.40. The van der Waals surface area contributed by atoms with Gasteiger partial charge >= 0.3 is 0 Å². The molecule has 0 aliphatic carbocycles. The van der Waals surface area contributed by atoms with E-state index in [-0.39, 0.29) is 0 Å². The molecule has 1 rings (SSSR count). The van der Waals surface area contributed by atoms with Gasteiger partial charge in [0.25, 0.3) is 0 Å². The fourth-order valence-corrected chi connectivity index (χ4v) is 3.23. The fraction of sp³-hybridized carbons (Fsp3) is 0.467. The highest BCUT2D eigenvalue weighted by molar-refractivity contribution is 9.11. The summed E-state index contributed by atoms with van der Waals surface area (Å²) in [7, 11) is -1.71. The van der Waals surface area contributed by atoms with E-state index >= 15 is 0 Å². The van der Waals surface area contributed by atoms with Crippen molar-refractivity contribution in [2.75, 3.05) is 45.3 Å². The van der Waals surface area contributed by atoms with E-state index in [0.29, 0.717) is 18.6 Å². The fourth-order valence-electron chi connectivity index (χ4n) is 1.78. The van der Waals surface area contributed by atoms with Crippen molar-refractivity contribution < 1.29 is 22.2 Å². The molecule has 6 nitrogen and oxygen atoms in total. The molecular formula is C15H24Br2N2O4S. The summed E-state index contributed by atoms with van der Waals surface area (Å²) in [5.41, 5.74) is 6.46. The van der Waals surface area contributed by atoms with Crippen LogP contribution < -0.4 is 10.5 Å². The maximum absolute atomic E-state index is 9.08. The van der Waals surface area contributed by atoms with Gasteiger partial charge in [0.2, 0.25) is 0 Å². The number of rotatable bonds is 7. The van der Waals surface area contributed by atoms with Crippen molar-refractivity contribution >= 4 is 47.7 Å². The molecule has 1 aromatic rings. The van der Waals surface area contributed by atoms with Crippen LogP contribution >= 0.6 is 31.9 Å². The minimum atomic E-state index is -3.92. The lowest BCUT2D eigenvalue weighted by Gasteiger charge is -2.32. The Labute approximate surface area is 161 Å². The van der Waals surface area contributed by atoms with E-state index in [1.54, 1.807) is 0 Å². The van der Waals surface area contributed by atoms with Gasteiger partial charge in [-0.15, -0.1) is 0 Å². The van der Waals surface area contributed by atoms with Gasteiger partial charge < -0.3 is 19.5 Å². The molecule has 0 bridgehead atoms. The molecule has 1 atom stereocenters. The summed E-state index contributed by atoms with van der Waals surface area (Å²) < 4.78 is 35.8. The van der Waals surface area contributed by atoms with Crippen molar-refractivity contribution in [1.29, 1.82) is 0 Å². The molecule has 1 unspecified atom stereocenters. The number of benzene rings is 1. The Hall–Kier alpha value is -0.610. The summed E-state index contributed by atoms with van der Waals surface area (Å²) in [6.45, 7) is 9.58. The standard InChI is InChI=1S/C14H21Br2N2O.CH4O3S/c1-4-6-18(3,5-2)7-8-19-14-12(15)9-11(17)10-13(14)16;1-5(2,3)4/h4,9-10H,1,5-8,17H2,2-3H3;1H3,(H,2,3,4)/q+1;/p-1. The van der Waals surface area contributed by atoms with Crippen LogP contribution in [0, 0.1) is 0 Å². The minimum Gasteiger partial charge on any atom is -0.748 e. The average molecular weight is 488 g/mol.